The summed E-state index contributed by atoms with van der Waals surface area (Å²) in [4.78, 5) is 14.1. The van der Waals surface area contributed by atoms with Crippen molar-refractivity contribution >= 4 is 21.6 Å². The minimum atomic E-state index is -3.63. The number of rotatable bonds is 9. The Morgan fingerprint density at radius 1 is 1.00 bits per heavy atom. The van der Waals surface area contributed by atoms with Crippen LogP contribution in [-0.2, 0) is 21.4 Å². The highest BCUT2D eigenvalue weighted by molar-refractivity contribution is 7.92. The Kier molecular flexibility index (Phi) is 7.28. The molecule has 0 fully saturated rings. The third-order valence-electron chi connectivity index (χ3n) is 4.12. The van der Waals surface area contributed by atoms with E-state index in [2.05, 4.69) is 0 Å². The first-order valence-corrected chi connectivity index (χ1v) is 10.7. The third kappa shape index (κ3) is 5.88. The van der Waals surface area contributed by atoms with E-state index in [0.29, 0.717) is 24.6 Å². The second-order valence-corrected chi connectivity index (χ2v) is 8.20. The lowest BCUT2D eigenvalue weighted by molar-refractivity contribution is -0.128. The molecule has 8 heteroatoms. The molecule has 0 aliphatic rings. The monoisotopic (exact) mass is 406 g/mol. The van der Waals surface area contributed by atoms with Gasteiger partial charge in [0.15, 0.2) is 0 Å². The molecule has 0 radical (unpaired) electrons. The molecule has 0 saturated heterocycles. The zero-order valence-corrected chi connectivity index (χ0v) is 17.4. The number of benzene rings is 2. The molecule has 0 aliphatic heterocycles. The van der Waals surface area contributed by atoms with Gasteiger partial charge in [0, 0.05) is 13.6 Å². The third-order valence-corrected chi connectivity index (χ3v) is 5.26. The molecule has 0 saturated carbocycles. The van der Waals surface area contributed by atoms with Gasteiger partial charge in [-0.2, -0.15) is 0 Å². The summed E-state index contributed by atoms with van der Waals surface area (Å²) in [5.41, 5.74) is 1.33. The van der Waals surface area contributed by atoms with Crippen LogP contribution in [0.3, 0.4) is 0 Å². The van der Waals surface area contributed by atoms with Crippen molar-refractivity contribution in [1.82, 2.24) is 4.90 Å². The molecule has 0 aliphatic carbocycles. The molecule has 152 valence electrons. The van der Waals surface area contributed by atoms with Crippen LogP contribution in [-0.4, -0.2) is 52.8 Å². The Balaban J connectivity index is 2.11. The fourth-order valence-corrected chi connectivity index (χ4v) is 3.46. The number of sulfonamides is 1. The molecule has 0 bridgehead atoms. The van der Waals surface area contributed by atoms with Gasteiger partial charge in [0.25, 0.3) is 0 Å². The highest BCUT2D eigenvalue weighted by Crippen LogP contribution is 2.22. The van der Waals surface area contributed by atoms with Crippen LogP contribution in [0.4, 0.5) is 5.69 Å². The van der Waals surface area contributed by atoms with E-state index in [1.807, 2.05) is 31.2 Å². The summed E-state index contributed by atoms with van der Waals surface area (Å²) < 4.78 is 36.1. The van der Waals surface area contributed by atoms with Gasteiger partial charge in [0.2, 0.25) is 15.9 Å². The minimum absolute atomic E-state index is 0.278. The van der Waals surface area contributed by atoms with Crippen LogP contribution in [0.5, 0.6) is 11.5 Å². The first kappa shape index (κ1) is 21.6. The van der Waals surface area contributed by atoms with Crippen LogP contribution in [0.1, 0.15) is 12.5 Å². The van der Waals surface area contributed by atoms with Gasteiger partial charge in [-0.1, -0.05) is 12.1 Å². The molecule has 0 spiro atoms. The van der Waals surface area contributed by atoms with E-state index < -0.39 is 10.0 Å². The summed E-state index contributed by atoms with van der Waals surface area (Å²) in [5, 5.41) is 0. The van der Waals surface area contributed by atoms with Crippen molar-refractivity contribution < 1.29 is 22.7 Å². The van der Waals surface area contributed by atoms with Crippen molar-refractivity contribution in [3.8, 4) is 11.5 Å². The molecule has 28 heavy (non-hydrogen) atoms. The fraction of sp³-hybridized carbons (Fsp3) is 0.350. The Morgan fingerprint density at radius 2 is 1.57 bits per heavy atom. The van der Waals surface area contributed by atoms with Crippen LogP contribution in [0, 0.1) is 0 Å². The second-order valence-electron chi connectivity index (χ2n) is 6.29. The van der Waals surface area contributed by atoms with Gasteiger partial charge in [0.05, 0.1) is 25.7 Å². The highest BCUT2D eigenvalue weighted by atomic mass is 32.2. The zero-order chi connectivity index (χ0) is 20.7. The molecule has 0 unspecified atom stereocenters. The second kappa shape index (κ2) is 9.45. The van der Waals surface area contributed by atoms with Crippen molar-refractivity contribution in [2.24, 2.45) is 0 Å². The molecule has 0 atom stereocenters. The number of amides is 1. The molecule has 1 amide bonds. The zero-order valence-electron chi connectivity index (χ0n) is 16.6. The lowest BCUT2D eigenvalue weighted by Crippen LogP contribution is -2.41. The highest BCUT2D eigenvalue weighted by Gasteiger charge is 2.23. The average molecular weight is 407 g/mol. The Morgan fingerprint density at radius 3 is 2.07 bits per heavy atom. The van der Waals surface area contributed by atoms with E-state index in [-0.39, 0.29) is 12.5 Å². The van der Waals surface area contributed by atoms with Gasteiger partial charge in [0.1, 0.15) is 18.0 Å². The number of hydrogen-bond donors (Lipinski definition) is 0. The number of anilines is 1. The molecule has 2 aromatic carbocycles. The van der Waals surface area contributed by atoms with Gasteiger partial charge in [-0.3, -0.25) is 9.10 Å². The lowest BCUT2D eigenvalue weighted by atomic mass is 10.2. The van der Waals surface area contributed by atoms with Gasteiger partial charge < -0.3 is 14.4 Å². The Bertz CT molecular complexity index is 880. The first-order valence-electron chi connectivity index (χ1n) is 8.82. The quantitative estimate of drug-likeness (QED) is 0.640. The Labute approximate surface area is 166 Å². The number of ether oxygens (including phenoxy) is 2. The van der Waals surface area contributed by atoms with Crippen LogP contribution in [0.25, 0.3) is 0 Å². The van der Waals surface area contributed by atoms with Gasteiger partial charge in [-0.15, -0.1) is 0 Å². The number of likely N-dealkylation sites (N-methyl/N-ethyl adjacent to an activating group) is 1. The number of methoxy groups -OCH3 is 1. The van der Waals surface area contributed by atoms with E-state index >= 15 is 0 Å². The fourth-order valence-electron chi connectivity index (χ4n) is 2.61. The van der Waals surface area contributed by atoms with E-state index in [9.17, 15) is 13.2 Å². The molecule has 0 N–H and O–H groups in total. The predicted molar refractivity (Wildman–Crippen MR) is 109 cm³/mol. The largest absolute Gasteiger partial charge is 0.497 e. The lowest BCUT2D eigenvalue weighted by Gasteiger charge is -2.25. The van der Waals surface area contributed by atoms with Gasteiger partial charge in [-0.25, -0.2) is 8.42 Å². The van der Waals surface area contributed by atoms with Crippen molar-refractivity contribution in [3.63, 3.8) is 0 Å². The SMILES string of the molecule is CCOc1ccc(N(CC(=O)N(C)Cc2ccc(OC)cc2)S(C)(=O)=O)cc1. The van der Waals surface area contributed by atoms with Crippen LogP contribution >= 0.6 is 0 Å². The summed E-state index contributed by atoms with van der Waals surface area (Å²) in [6.07, 6.45) is 1.08. The maximum absolute atomic E-state index is 12.6. The summed E-state index contributed by atoms with van der Waals surface area (Å²) >= 11 is 0. The molecular formula is C20H26N2O5S. The number of carbonyl (C=O) groups excluding carboxylic acids is 1. The van der Waals surface area contributed by atoms with Crippen molar-refractivity contribution in [2.75, 3.05) is 37.9 Å². The summed E-state index contributed by atoms with van der Waals surface area (Å²) in [6.45, 7) is 2.47. The number of hydrogen-bond acceptors (Lipinski definition) is 5. The van der Waals surface area contributed by atoms with Crippen molar-refractivity contribution in [1.29, 1.82) is 0 Å². The topological polar surface area (TPSA) is 76.2 Å². The van der Waals surface area contributed by atoms with Crippen LogP contribution in [0.2, 0.25) is 0 Å². The summed E-state index contributed by atoms with van der Waals surface area (Å²) in [6, 6.07) is 14.0. The molecule has 2 aromatic rings. The molecule has 0 aromatic heterocycles. The van der Waals surface area contributed by atoms with Crippen molar-refractivity contribution in [2.45, 2.75) is 13.5 Å². The predicted octanol–water partition coefficient (Wildman–Crippen LogP) is 2.52. The average Bonchev–Trinajstić information content (AvgIpc) is 2.66. The number of carbonyl (C=O) groups is 1. The maximum atomic E-state index is 12.6. The molecule has 2 rings (SSSR count). The van der Waals surface area contributed by atoms with Gasteiger partial charge in [-0.05, 0) is 48.9 Å². The summed E-state index contributed by atoms with van der Waals surface area (Å²) in [7, 11) is -0.392. The Hall–Kier alpha value is -2.74. The first-order chi connectivity index (χ1) is 13.2. The number of nitrogens with zero attached hydrogens (tertiary/aromatic N) is 2. The summed E-state index contributed by atoms with van der Waals surface area (Å²) in [5.74, 6) is 1.06. The van der Waals surface area contributed by atoms with Crippen LogP contribution in [0.15, 0.2) is 48.5 Å². The van der Waals surface area contributed by atoms with E-state index in [1.54, 1.807) is 38.4 Å². The standard InChI is InChI=1S/C20H26N2O5S/c1-5-27-19-12-8-17(9-13-19)22(28(4,24)25)15-20(23)21(2)14-16-6-10-18(26-3)11-7-16/h6-13H,5,14-15H2,1-4H3. The molecule has 7 nitrogen and oxygen atoms in total. The maximum Gasteiger partial charge on any atom is 0.243 e. The molecular weight excluding hydrogens is 380 g/mol. The van der Waals surface area contributed by atoms with Gasteiger partial charge >= 0.3 is 0 Å². The van der Waals surface area contributed by atoms with E-state index in [0.717, 1.165) is 21.9 Å². The normalized spacial score (nSPS) is 11.0. The van der Waals surface area contributed by atoms with Crippen LogP contribution < -0.4 is 13.8 Å². The van der Waals surface area contributed by atoms with E-state index in [1.165, 1.54) is 4.90 Å². The van der Waals surface area contributed by atoms with Crippen molar-refractivity contribution in [3.05, 3.63) is 54.1 Å². The molecule has 0 heterocycles. The smallest absolute Gasteiger partial charge is 0.243 e. The van der Waals surface area contributed by atoms with E-state index in [4.69, 9.17) is 9.47 Å². The minimum Gasteiger partial charge on any atom is -0.497 e.